The van der Waals surface area contributed by atoms with E-state index in [0.717, 1.165) is 6.42 Å². The third-order valence-corrected chi connectivity index (χ3v) is 3.27. The standard InChI is InChI=1S/C14H15NOS/c1-11(9-12-7-8-17-10-12)15-14(16)13-5-3-2-4-6-13/h2-8,10-11H,9H2,1H3,(H,15,16). The van der Waals surface area contributed by atoms with Gasteiger partial charge in [-0.05, 0) is 47.9 Å². The molecule has 0 saturated carbocycles. The fraction of sp³-hybridized carbons (Fsp3) is 0.214. The molecule has 0 saturated heterocycles. The molecule has 1 aromatic carbocycles. The SMILES string of the molecule is CC(Cc1ccsc1)NC(=O)c1ccccc1. The van der Waals surface area contributed by atoms with Crippen LogP contribution < -0.4 is 5.32 Å². The van der Waals surface area contributed by atoms with Crippen LogP contribution in [0.4, 0.5) is 0 Å². The predicted octanol–water partition coefficient (Wildman–Crippen LogP) is 3.11. The second-order valence-electron chi connectivity index (χ2n) is 4.08. The molecule has 0 aliphatic rings. The lowest BCUT2D eigenvalue weighted by atomic mass is 10.1. The van der Waals surface area contributed by atoms with Crippen molar-refractivity contribution < 1.29 is 4.79 Å². The van der Waals surface area contributed by atoms with Gasteiger partial charge in [0.2, 0.25) is 0 Å². The minimum atomic E-state index is -0.00618. The Bertz CT molecular complexity index is 464. The van der Waals surface area contributed by atoms with Gasteiger partial charge in [-0.3, -0.25) is 4.79 Å². The summed E-state index contributed by atoms with van der Waals surface area (Å²) in [5.74, 6) is -0.00618. The van der Waals surface area contributed by atoms with Gasteiger partial charge in [-0.15, -0.1) is 0 Å². The first-order valence-corrected chi connectivity index (χ1v) is 6.57. The van der Waals surface area contributed by atoms with E-state index in [1.807, 2.05) is 37.3 Å². The summed E-state index contributed by atoms with van der Waals surface area (Å²) >= 11 is 1.68. The highest BCUT2D eigenvalue weighted by molar-refractivity contribution is 7.07. The molecule has 2 rings (SSSR count). The fourth-order valence-electron chi connectivity index (χ4n) is 1.71. The van der Waals surface area contributed by atoms with E-state index < -0.39 is 0 Å². The van der Waals surface area contributed by atoms with Gasteiger partial charge in [-0.25, -0.2) is 0 Å². The Labute approximate surface area is 105 Å². The van der Waals surface area contributed by atoms with Crippen molar-refractivity contribution in [1.82, 2.24) is 5.32 Å². The van der Waals surface area contributed by atoms with Gasteiger partial charge >= 0.3 is 0 Å². The first-order chi connectivity index (χ1) is 8.25. The molecule has 0 fully saturated rings. The van der Waals surface area contributed by atoms with Crippen molar-refractivity contribution in [2.75, 3.05) is 0 Å². The number of hydrogen-bond acceptors (Lipinski definition) is 2. The van der Waals surface area contributed by atoms with E-state index in [0.29, 0.717) is 5.56 Å². The van der Waals surface area contributed by atoms with Crippen LogP contribution in [0.3, 0.4) is 0 Å². The molecule has 0 aliphatic carbocycles. The van der Waals surface area contributed by atoms with Gasteiger partial charge in [-0.2, -0.15) is 11.3 Å². The van der Waals surface area contributed by atoms with E-state index in [1.54, 1.807) is 11.3 Å². The molecule has 0 aliphatic heterocycles. The number of hydrogen-bond donors (Lipinski definition) is 1. The minimum Gasteiger partial charge on any atom is -0.349 e. The molecule has 1 unspecified atom stereocenters. The summed E-state index contributed by atoms with van der Waals surface area (Å²) in [7, 11) is 0. The van der Waals surface area contributed by atoms with Crippen LogP contribution in [0.5, 0.6) is 0 Å². The lowest BCUT2D eigenvalue weighted by Gasteiger charge is -2.13. The van der Waals surface area contributed by atoms with Gasteiger partial charge in [0.05, 0.1) is 0 Å². The molecule has 88 valence electrons. The van der Waals surface area contributed by atoms with Gasteiger partial charge in [0.15, 0.2) is 0 Å². The smallest absolute Gasteiger partial charge is 0.251 e. The Balaban J connectivity index is 1.91. The molecule has 2 nitrogen and oxygen atoms in total. The molecule has 2 aromatic rings. The van der Waals surface area contributed by atoms with Crippen molar-refractivity contribution in [2.45, 2.75) is 19.4 Å². The zero-order valence-corrected chi connectivity index (χ0v) is 10.5. The van der Waals surface area contributed by atoms with Crippen LogP contribution in [0.1, 0.15) is 22.8 Å². The lowest BCUT2D eigenvalue weighted by Crippen LogP contribution is -2.33. The van der Waals surface area contributed by atoms with Crippen molar-refractivity contribution in [3.8, 4) is 0 Å². The van der Waals surface area contributed by atoms with E-state index in [2.05, 4.69) is 22.1 Å². The summed E-state index contributed by atoms with van der Waals surface area (Å²) < 4.78 is 0. The maximum absolute atomic E-state index is 11.9. The number of rotatable bonds is 4. The quantitative estimate of drug-likeness (QED) is 0.881. The minimum absolute atomic E-state index is 0.00618. The molecule has 1 atom stereocenters. The van der Waals surface area contributed by atoms with E-state index in [4.69, 9.17) is 0 Å². The zero-order valence-electron chi connectivity index (χ0n) is 9.72. The van der Waals surface area contributed by atoms with Crippen LogP contribution in [0.2, 0.25) is 0 Å². The summed E-state index contributed by atoms with van der Waals surface area (Å²) in [6, 6.07) is 11.6. The van der Waals surface area contributed by atoms with Crippen LogP contribution >= 0.6 is 11.3 Å². The third kappa shape index (κ3) is 3.43. The predicted molar refractivity (Wildman–Crippen MR) is 71.4 cm³/mol. The van der Waals surface area contributed by atoms with Crippen molar-refractivity contribution in [2.24, 2.45) is 0 Å². The first kappa shape index (κ1) is 11.9. The summed E-state index contributed by atoms with van der Waals surface area (Å²) in [6.07, 6.45) is 0.877. The molecule has 0 radical (unpaired) electrons. The summed E-state index contributed by atoms with van der Waals surface area (Å²) in [5.41, 5.74) is 1.99. The van der Waals surface area contributed by atoms with Gasteiger partial charge in [0.1, 0.15) is 0 Å². The Kier molecular flexibility index (Phi) is 3.94. The van der Waals surface area contributed by atoms with E-state index in [1.165, 1.54) is 5.56 Å². The Hall–Kier alpha value is -1.61. The fourth-order valence-corrected chi connectivity index (χ4v) is 2.39. The van der Waals surface area contributed by atoms with Gasteiger partial charge in [0.25, 0.3) is 5.91 Å². The Morgan fingerprint density at radius 3 is 2.71 bits per heavy atom. The normalized spacial score (nSPS) is 12.1. The Morgan fingerprint density at radius 1 is 1.29 bits per heavy atom. The molecule has 1 N–H and O–H groups in total. The largest absolute Gasteiger partial charge is 0.349 e. The second-order valence-corrected chi connectivity index (χ2v) is 4.86. The van der Waals surface area contributed by atoms with Gasteiger partial charge in [0, 0.05) is 11.6 Å². The summed E-state index contributed by atoms with van der Waals surface area (Å²) in [5, 5.41) is 7.17. The first-order valence-electron chi connectivity index (χ1n) is 5.62. The molecule has 0 spiro atoms. The summed E-state index contributed by atoms with van der Waals surface area (Å²) in [6.45, 7) is 2.03. The van der Waals surface area contributed by atoms with Crippen molar-refractivity contribution in [1.29, 1.82) is 0 Å². The topological polar surface area (TPSA) is 29.1 Å². The van der Waals surface area contributed by atoms with Crippen LogP contribution in [0, 0.1) is 0 Å². The van der Waals surface area contributed by atoms with Crippen molar-refractivity contribution in [3.05, 3.63) is 58.3 Å². The number of carbonyl (C=O) groups is 1. The lowest BCUT2D eigenvalue weighted by molar-refractivity contribution is 0.0940. The molecule has 3 heteroatoms. The van der Waals surface area contributed by atoms with Crippen LogP contribution in [-0.2, 0) is 6.42 Å². The highest BCUT2D eigenvalue weighted by atomic mass is 32.1. The molecule has 1 aromatic heterocycles. The number of amides is 1. The molecule has 1 heterocycles. The number of nitrogens with one attached hydrogen (secondary N) is 1. The molecular weight excluding hydrogens is 230 g/mol. The van der Waals surface area contributed by atoms with E-state index in [9.17, 15) is 4.79 Å². The van der Waals surface area contributed by atoms with Crippen molar-refractivity contribution in [3.63, 3.8) is 0 Å². The van der Waals surface area contributed by atoms with Crippen LogP contribution in [0.15, 0.2) is 47.2 Å². The van der Waals surface area contributed by atoms with Crippen LogP contribution in [0.25, 0.3) is 0 Å². The zero-order chi connectivity index (χ0) is 12.1. The average Bonchev–Trinajstić information content (AvgIpc) is 2.82. The van der Waals surface area contributed by atoms with Gasteiger partial charge in [-0.1, -0.05) is 18.2 Å². The molecule has 17 heavy (non-hydrogen) atoms. The number of thiophene rings is 1. The summed E-state index contributed by atoms with van der Waals surface area (Å²) in [4.78, 5) is 11.9. The second kappa shape index (κ2) is 5.64. The van der Waals surface area contributed by atoms with Crippen LogP contribution in [-0.4, -0.2) is 11.9 Å². The van der Waals surface area contributed by atoms with E-state index >= 15 is 0 Å². The molecule has 1 amide bonds. The average molecular weight is 245 g/mol. The maximum atomic E-state index is 11.9. The van der Waals surface area contributed by atoms with Gasteiger partial charge < -0.3 is 5.32 Å². The Morgan fingerprint density at radius 2 is 2.06 bits per heavy atom. The third-order valence-electron chi connectivity index (χ3n) is 2.54. The number of carbonyl (C=O) groups excluding carboxylic acids is 1. The highest BCUT2D eigenvalue weighted by Crippen LogP contribution is 2.09. The highest BCUT2D eigenvalue weighted by Gasteiger charge is 2.09. The molecule has 0 bridgehead atoms. The number of benzene rings is 1. The van der Waals surface area contributed by atoms with Crippen molar-refractivity contribution >= 4 is 17.2 Å². The monoisotopic (exact) mass is 245 g/mol. The maximum Gasteiger partial charge on any atom is 0.251 e. The molecular formula is C14H15NOS. The van der Waals surface area contributed by atoms with E-state index in [-0.39, 0.29) is 11.9 Å².